The van der Waals surface area contributed by atoms with Crippen LogP contribution in [0, 0.1) is 0 Å². The van der Waals surface area contributed by atoms with Crippen molar-refractivity contribution in [3.05, 3.63) is 96.1 Å². The quantitative estimate of drug-likeness (QED) is 0.334. The minimum absolute atomic E-state index is 0.332. The van der Waals surface area contributed by atoms with Gasteiger partial charge in [0.15, 0.2) is 0 Å². The number of hydrogen-bond acceptors (Lipinski definition) is 3. The van der Waals surface area contributed by atoms with Crippen molar-refractivity contribution in [2.45, 2.75) is 13.5 Å². The first-order valence-corrected chi connectivity index (χ1v) is 9.69. The fraction of sp³-hybridized carbons (Fsp3) is 0.120. The maximum atomic E-state index is 11.5. The Labute approximate surface area is 170 Å². The second kappa shape index (κ2) is 8.57. The van der Waals surface area contributed by atoms with Gasteiger partial charge in [0.2, 0.25) is 0 Å². The van der Waals surface area contributed by atoms with E-state index >= 15 is 0 Å². The first-order chi connectivity index (χ1) is 14.2. The molecule has 4 aromatic rings. The lowest BCUT2D eigenvalue weighted by molar-refractivity contribution is -0.137. The van der Waals surface area contributed by atoms with Crippen LogP contribution in [-0.4, -0.2) is 22.1 Å². The lowest BCUT2D eigenvalue weighted by atomic mass is 10.1. The highest BCUT2D eigenvalue weighted by molar-refractivity contribution is 5.87. The van der Waals surface area contributed by atoms with Crippen LogP contribution in [0.5, 0.6) is 0 Å². The number of carbonyl (C=O) groups is 1. The topological polar surface area (TPSA) is 44.1 Å². The van der Waals surface area contributed by atoms with Gasteiger partial charge in [-0.25, -0.2) is 9.78 Å². The molecule has 3 aromatic carbocycles. The highest BCUT2D eigenvalue weighted by atomic mass is 16.5. The van der Waals surface area contributed by atoms with Crippen LogP contribution in [-0.2, 0) is 16.1 Å². The molecule has 1 heterocycles. The molecule has 4 nitrogen and oxygen atoms in total. The van der Waals surface area contributed by atoms with Gasteiger partial charge >= 0.3 is 5.97 Å². The summed E-state index contributed by atoms with van der Waals surface area (Å²) in [6.45, 7) is 2.92. The Balaban J connectivity index is 1.68. The molecule has 0 fully saturated rings. The Bertz CT molecular complexity index is 1140. The van der Waals surface area contributed by atoms with Crippen molar-refractivity contribution in [2.24, 2.45) is 0 Å². The number of esters is 1. The molecule has 4 rings (SSSR count). The molecule has 0 radical (unpaired) electrons. The summed E-state index contributed by atoms with van der Waals surface area (Å²) >= 11 is 0. The standard InChI is InChI=1S/C25H22N2O2/c1-2-29-24(28)17-14-19-12-15-21(16-13-19)25-26-22-10-6-7-11-23(22)27(25)18-20-8-4-3-5-9-20/h3-17H,2,18H2,1H3/b17-14+. The molecule has 0 amide bonds. The Kier molecular flexibility index (Phi) is 5.52. The molecule has 144 valence electrons. The van der Waals surface area contributed by atoms with Gasteiger partial charge < -0.3 is 9.30 Å². The number of rotatable bonds is 6. The van der Waals surface area contributed by atoms with Crippen molar-refractivity contribution in [1.29, 1.82) is 0 Å². The summed E-state index contributed by atoms with van der Waals surface area (Å²) in [5.74, 6) is 0.595. The van der Waals surface area contributed by atoms with Gasteiger partial charge in [-0.15, -0.1) is 0 Å². The minimum atomic E-state index is -0.332. The van der Waals surface area contributed by atoms with Gasteiger partial charge in [0.1, 0.15) is 5.82 Å². The van der Waals surface area contributed by atoms with E-state index in [9.17, 15) is 4.79 Å². The SMILES string of the molecule is CCOC(=O)/C=C/c1ccc(-c2nc3ccccc3n2Cc2ccccc2)cc1. The third-order valence-electron chi connectivity index (χ3n) is 4.71. The maximum Gasteiger partial charge on any atom is 0.330 e. The highest BCUT2D eigenvalue weighted by Crippen LogP contribution is 2.26. The fourth-order valence-electron chi connectivity index (χ4n) is 3.32. The van der Waals surface area contributed by atoms with Crippen LogP contribution in [0.3, 0.4) is 0 Å². The number of ether oxygens (including phenoxy) is 1. The van der Waals surface area contributed by atoms with Gasteiger partial charge in [0, 0.05) is 18.2 Å². The smallest absolute Gasteiger partial charge is 0.330 e. The van der Waals surface area contributed by atoms with Crippen molar-refractivity contribution in [2.75, 3.05) is 6.61 Å². The molecule has 0 aliphatic heterocycles. The summed E-state index contributed by atoms with van der Waals surface area (Å²) in [5.41, 5.74) is 5.28. The van der Waals surface area contributed by atoms with E-state index in [4.69, 9.17) is 9.72 Å². The summed E-state index contributed by atoms with van der Waals surface area (Å²) in [6, 6.07) is 26.6. The van der Waals surface area contributed by atoms with E-state index in [1.807, 2.05) is 48.5 Å². The predicted octanol–water partition coefficient (Wildman–Crippen LogP) is 5.33. The number of hydrogen-bond donors (Lipinski definition) is 0. The summed E-state index contributed by atoms with van der Waals surface area (Å²) in [7, 11) is 0. The molecule has 0 saturated heterocycles. The average Bonchev–Trinajstić information content (AvgIpc) is 3.12. The van der Waals surface area contributed by atoms with E-state index in [-0.39, 0.29) is 5.97 Å². The molecule has 0 bridgehead atoms. The molecule has 0 spiro atoms. The number of imidazole rings is 1. The van der Waals surface area contributed by atoms with E-state index in [2.05, 4.69) is 34.9 Å². The molecule has 0 atom stereocenters. The molecule has 0 aliphatic carbocycles. The molecule has 4 heteroatoms. The number of fused-ring (bicyclic) bond motifs is 1. The molecule has 0 aliphatic rings. The van der Waals surface area contributed by atoms with Gasteiger partial charge in [0.25, 0.3) is 0 Å². The normalized spacial score (nSPS) is 11.2. The van der Waals surface area contributed by atoms with Crippen molar-refractivity contribution in [3.8, 4) is 11.4 Å². The zero-order chi connectivity index (χ0) is 20.1. The summed E-state index contributed by atoms with van der Waals surface area (Å²) < 4.78 is 7.17. The molecule has 0 saturated carbocycles. The van der Waals surface area contributed by atoms with Crippen molar-refractivity contribution >= 4 is 23.1 Å². The van der Waals surface area contributed by atoms with Gasteiger partial charge in [0.05, 0.1) is 17.6 Å². The number of nitrogens with zero attached hydrogens (tertiary/aromatic N) is 2. The summed E-state index contributed by atoms with van der Waals surface area (Å²) in [6.07, 6.45) is 3.21. The van der Waals surface area contributed by atoms with Crippen LogP contribution in [0.1, 0.15) is 18.1 Å². The fourth-order valence-corrected chi connectivity index (χ4v) is 3.32. The Morgan fingerprint density at radius 2 is 1.69 bits per heavy atom. The maximum absolute atomic E-state index is 11.5. The first kappa shape index (κ1) is 18.7. The van der Waals surface area contributed by atoms with Crippen LogP contribution in [0.2, 0.25) is 0 Å². The van der Waals surface area contributed by atoms with Crippen molar-refractivity contribution < 1.29 is 9.53 Å². The first-order valence-electron chi connectivity index (χ1n) is 9.69. The van der Waals surface area contributed by atoms with Crippen molar-refractivity contribution in [1.82, 2.24) is 9.55 Å². The third-order valence-corrected chi connectivity index (χ3v) is 4.71. The lowest BCUT2D eigenvalue weighted by Crippen LogP contribution is -2.02. The lowest BCUT2D eigenvalue weighted by Gasteiger charge is -2.10. The summed E-state index contributed by atoms with van der Waals surface area (Å²) in [5, 5.41) is 0. The van der Waals surface area contributed by atoms with Gasteiger partial charge in [-0.2, -0.15) is 0 Å². The van der Waals surface area contributed by atoms with E-state index in [0.717, 1.165) is 34.5 Å². The third kappa shape index (κ3) is 4.27. The zero-order valence-corrected chi connectivity index (χ0v) is 16.3. The Hall–Kier alpha value is -3.66. The molecule has 1 aromatic heterocycles. The summed E-state index contributed by atoms with van der Waals surface area (Å²) in [4.78, 5) is 16.4. The van der Waals surface area contributed by atoms with E-state index in [0.29, 0.717) is 6.61 Å². The molecule has 0 unspecified atom stereocenters. The average molecular weight is 382 g/mol. The zero-order valence-electron chi connectivity index (χ0n) is 16.3. The van der Waals surface area contributed by atoms with Crippen molar-refractivity contribution in [3.63, 3.8) is 0 Å². The minimum Gasteiger partial charge on any atom is -0.463 e. The van der Waals surface area contributed by atoms with Gasteiger partial charge in [-0.3, -0.25) is 0 Å². The van der Waals surface area contributed by atoms with Gasteiger partial charge in [-0.05, 0) is 36.3 Å². The Morgan fingerprint density at radius 1 is 0.966 bits per heavy atom. The molecular formula is C25H22N2O2. The second-order valence-corrected chi connectivity index (χ2v) is 6.70. The number of para-hydroxylation sites is 2. The Morgan fingerprint density at radius 3 is 2.45 bits per heavy atom. The molecule has 29 heavy (non-hydrogen) atoms. The van der Waals surface area contributed by atoms with Crippen LogP contribution in [0.25, 0.3) is 28.5 Å². The second-order valence-electron chi connectivity index (χ2n) is 6.70. The molecular weight excluding hydrogens is 360 g/mol. The molecule has 0 N–H and O–H groups in total. The van der Waals surface area contributed by atoms with E-state index in [1.165, 1.54) is 11.6 Å². The van der Waals surface area contributed by atoms with Crippen LogP contribution in [0.15, 0.2) is 84.9 Å². The number of benzene rings is 3. The monoisotopic (exact) mass is 382 g/mol. The highest BCUT2D eigenvalue weighted by Gasteiger charge is 2.12. The van der Waals surface area contributed by atoms with E-state index in [1.54, 1.807) is 13.0 Å². The van der Waals surface area contributed by atoms with E-state index < -0.39 is 0 Å². The number of aromatic nitrogens is 2. The largest absolute Gasteiger partial charge is 0.463 e. The predicted molar refractivity (Wildman–Crippen MR) is 116 cm³/mol. The number of carbonyl (C=O) groups excluding carboxylic acids is 1. The van der Waals surface area contributed by atoms with Crippen LogP contribution >= 0.6 is 0 Å². The van der Waals surface area contributed by atoms with Crippen LogP contribution < -0.4 is 0 Å². The van der Waals surface area contributed by atoms with Crippen LogP contribution in [0.4, 0.5) is 0 Å². The van der Waals surface area contributed by atoms with Gasteiger partial charge in [-0.1, -0.05) is 66.7 Å².